The summed E-state index contributed by atoms with van der Waals surface area (Å²) in [5.41, 5.74) is 11.6. The Labute approximate surface area is 325 Å². The van der Waals surface area contributed by atoms with E-state index in [0.717, 1.165) is 28.3 Å². The van der Waals surface area contributed by atoms with Gasteiger partial charge in [-0.25, -0.2) is 0 Å². The van der Waals surface area contributed by atoms with Gasteiger partial charge in [-0.05, 0) is 80.5 Å². The van der Waals surface area contributed by atoms with Gasteiger partial charge in [0.1, 0.15) is 0 Å². The number of aromatic nitrogens is 1. The fourth-order valence-electron chi connectivity index (χ4n) is 8.86. The summed E-state index contributed by atoms with van der Waals surface area (Å²) in [6.45, 7) is 0. The van der Waals surface area contributed by atoms with Crippen molar-refractivity contribution >= 4 is 71.2 Å². The number of anilines is 3. The molecule has 0 radical (unpaired) electrons. The molecule has 10 aromatic carbocycles. The molecular weight excluding hydrogens is 677 g/mol. The van der Waals surface area contributed by atoms with Gasteiger partial charge in [0.15, 0.2) is 0 Å². The van der Waals surface area contributed by atoms with E-state index in [1.165, 1.54) is 70.9 Å². The van der Waals surface area contributed by atoms with E-state index in [2.05, 4.69) is 228 Å². The lowest BCUT2D eigenvalue weighted by atomic mass is 9.97. The van der Waals surface area contributed by atoms with E-state index in [1.807, 2.05) is 0 Å². The van der Waals surface area contributed by atoms with Gasteiger partial charge in [-0.3, -0.25) is 0 Å². The number of benzene rings is 10. The van der Waals surface area contributed by atoms with Crippen LogP contribution in [0.4, 0.5) is 17.1 Å². The first-order chi connectivity index (χ1) is 27.8. The van der Waals surface area contributed by atoms with Crippen molar-refractivity contribution < 1.29 is 0 Å². The Hall–Kier alpha value is -7.42. The highest BCUT2D eigenvalue weighted by Gasteiger charge is 2.25. The second-order valence-corrected chi connectivity index (χ2v) is 14.5. The molecule has 0 atom stereocenters. The third-order valence-electron chi connectivity index (χ3n) is 11.3. The zero-order chi connectivity index (χ0) is 37.0. The number of rotatable bonds is 6. The molecule has 0 fully saturated rings. The first-order valence-corrected chi connectivity index (χ1v) is 19.3. The Kier molecular flexibility index (Phi) is 7.53. The van der Waals surface area contributed by atoms with Crippen molar-refractivity contribution in [2.75, 3.05) is 4.90 Å². The summed E-state index contributed by atoms with van der Waals surface area (Å²) >= 11 is 0. The molecular formula is C54H36N2. The highest BCUT2D eigenvalue weighted by atomic mass is 15.2. The Morgan fingerprint density at radius 3 is 1.77 bits per heavy atom. The van der Waals surface area contributed by atoms with Crippen LogP contribution in [-0.2, 0) is 0 Å². The Morgan fingerprint density at radius 2 is 0.911 bits per heavy atom. The van der Waals surface area contributed by atoms with E-state index >= 15 is 0 Å². The van der Waals surface area contributed by atoms with Crippen molar-refractivity contribution in [2.45, 2.75) is 0 Å². The molecule has 1 heterocycles. The van der Waals surface area contributed by atoms with Gasteiger partial charge < -0.3 is 9.47 Å². The maximum Gasteiger partial charge on any atom is 0.0562 e. The molecule has 0 unspecified atom stereocenters. The summed E-state index contributed by atoms with van der Waals surface area (Å²) in [6, 6.07) is 79.6. The van der Waals surface area contributed by atoms with E-state index in [4.69, 9.17) is 0 Å². The number of hydrogen-bond acceptors (Lipinski definition) is 1. The van der Waals surface area contributed by atoms with Gasteiger partial charge in [0, 0.05) is 27.3 Å². The molecule has 1 aromatic heterocycles. The van der Waals surface area contributed by atoms with Crippen molar-refractivity contribution in [3.63, 3.8) is 0 Å². The quantitative estimate of drug-likeness (QED) is 0.156. The van der Waals surface area contributed by atoms with Crippen LogP contribution in [0.5, 0.6) is 0 Å². The molecule has 2 nitrogen and oxygen atoms in total. The summed E-state index contributed by atoms with van der Waals surface area (Å²) < 4.78 is 2.47. The number of para-hydroxylation sites is 3. The number of hydrogen-bond donors (Lipinski definition) is 0. The van der Waals surface area contributed by atoms with Crippen LogP contribution in [0.15, 0.2) is 218 Å². The van der Waals surface area contributed by atoms with Crippen LogP contribution in [0.1, 0.15) is 0 Å². The van der Waals surface area contributed by atoms with Gasteiger partial charge in [0.05, 0.1) is 33.8 Å². The summed E-state index contributed by atoms with van der Waals surface area (Å²) in [6.07, 6.45) is 0. The third-order valence-corrected chi connectivity index (χ3v) is 11.3. The van der Waals surface area contributed by atoms with Gasteiger partial charge in [-0.2, -0.15) is 0 Å². The fraction of sp³-hybridized carbons (Fsp3) is 0. The lowest BCUT2D eigenvalue weighted by Crippen LogP contribution is -2.12. The van der Waals surface area contributed by atoms with Crippen LogP contribution in [0, 0.1) is 0 Å². The van der Waals surface area contributed by atoms with Gasteiger partial charge in [0.25, 0.3) is 0 Å². The van der Waals surface area contributed by atoms with Crippen LogP contribution < -0.4 is 4.90 Å². The minimum Gasteiger partial charge on any atom is -0.309 e. The summed E-state index contributed by atoms with van der Waals surface area (Å²) in [4.78, 5) is 2.52. The first kappa shape index (κ1) is 32.0. The van der Waals surface area contributed by atoms with Crippen molar-refractivity contribution in [2.24, 2.45) is 0 Å². The predicted octanol–water partition coefficient (Wildman–Crippen LogP) is 15.0. The molecule has 0 aliphatic rings. The minimum atomic E-state index is 1.13. The Morgan fingerprint density at radius 1 is 0.304 bits per heavy atom. The highest BCUT2D eigenvalue weighted by Crippen LogP contribution is 2.49. The van der Waals surface area contributed by atoms with E-state index < -0.39 is 0 Å². The van der Waals surface area contributed by atoms with Gasteiger partial charge in [0.2, 0.25) is 0 Å². The number of nitrogens with zero attached hydrogens (tertiary/aromatic N) is 2. The minimum absolute atomic E-state index is 1.13. The van der Waals surface area contributed by atoms with Crippen molar-refractivity contribution in [3.05, 3.63) is 218 Å². The second-order valence-electron chi connectivity index (χ2n) is 14.5. The van der Waals surface area contributed by atoms with Gasteiger partial charge in [-0.1, -0.05) is 176 Å². The van der Waals surface area contributed by atoms with Crippen LogP contribution in [-0.4, -0.2) is 4.57 Å². The topological polar surface area (TPSA) is 8.17 Å². The smallest absolute Gasteiger partial charge is 0.0562 e. The molecule has 11 aromatic rings. The average Bonchev–Trinajstić information content (AvgIpc) is 3.62. The Balaban J connectivity index is 1.24. The second kappa shape index (κ2) is 13.2. The lowest BCUT2D eigenvalue weighted by Gasteiger charge is -2.30. The van der Waals surface area contributed by atoms with Crippen molar-refractivity contribution in [1.29, 1.82) is 0 Å². The number of fused-ring (bicyclic) bond motifs is 7. The van der Waals surface area contributed by atoms with Gasteiger partial charge in [-0.15, -0.1) is 0 Å². The summed E-state index contributed by atoms with van der Waals surface area (Å²) in [7, 11) is 0. The molecule has 0 spiro atoms. The molecule has 0 N–H and O–H groups in total. The van der Waals surface area contributed by atoms with Crippen LogP contribution in [0.3, 0.4) is 0 Å². The molecule has 0 saturated heterocycles. The molecule has 11 rings (SSSR count). The van der Waals surface area contributed by atoms with E-state index in [1.54, 1.807) is 0 Å². The highest BCUT2D eigenvalue weighted by molar-refractivity contribution is 6.20. The Bertz CT molecular complexity index is 3260. The van der Waals surface area contributed by atoms with Crippen molar-refractivity contribution in [1.82, 2.24) is 4.57 Å². The van der Waals surface area contributed by atoms with E-state index in [0.29, 0.717) is 0 Å². The maximum absolute atomic E-state index is 2.52. The standard InChI is InChI=1S/C54H36N2/c1-2-18-38(19-3-1)43-23-10-13-28-48(43)56(53-36-40-21-6-7-22-42(40)45-25-8-9-26-46(45)53)52-32-16-31-51-54(52)47-27-12-15-30-50(47)55(51)49-29-14-11-24-44(49)41-34-33-37-17-4-5-20-39(37)35-41/h1-36H. The molecule has 56 heavy (non-hydrogen) atoms. The maximum atomic E-state index is 2.52. The molecule has 0 aliphatic carbocycles. The van der Waals surface area contributed by atoms with Crippen molar-refractivity contribution in [3.8, 4) is 27.9 Å². The predicted molar refractivity (Wildman–Crippen MR) is 239 cm³/mol. The molecule has 0 bridgehead atoms. The van der Waals surface area contributed by atoms with Crippen LogP contribution in [0.2, 0.25) is 0 Å². The molecule has 0 aliphatic heterocycles. The lowest BCUT2D eigenvalue weighted by molar-refractivity contribution is 1.18. The van der Waals surface area contributed by atoms with E-state index in [9.17, 15) is 0 Å². The first-order valence-electron chi connectivity index (χ1n) is 19.3. The monoisotopic (exact) mass is 712 g/mol. The third kappa shape index (κ3) is 5.11. The normalized spacial score (nSPS) is 11.6. The van der Waals surface area contributed by atoms with Crippen LogP contribution >= 0.6 is 0 Å². The largest absolute Gasteiger partial charge is 0.309 e. The van der Waals surface area contributed by atoms with Gasteiger partial charge >= 0.3 is 0 Å². The van der Waals surface area contributed by atoms with E-state index in [-0.39, 0.29) is 0 Å². The zero-order valence-electron chi connectivity index (χ0n) is 30.7. The van der Waals surface area contributed by atoms with Crippen LogP contribution in [0.25, 0.3) is 82.1 Å². The SMILES string of the molecule is c1ccc(-c2ccccc2N(c2cc3ccccc3c3ccccc23)c2cccc3c2c2ccccc2n3-c2ccccc2-c2ccc3ccccc3c2)cc1. The molecule has 262 valence electrons. The summed E-state index contributed by atoms with van der Waals surface area (Å²) in [5, 5.41) is 9.80. The molecule has 2 heteroatoms. The molecule has 0 amide bonds. The summed E-state index contributed by atoms with van der Waals surface area (Å²) in [5.74, 6) is 0. The average molecular weight is 713 g/mol. The fourth-order valence-corrected chi connectivity index (χ4v) is 8.86. The molecule has 0 saturated carbocycles. The zero-order valence-corrected chi connectivity index (χ0v) is 30.7.